The first-order valence-electron chi connectivity index (χ1n) is 4.82. The number of rotatable bonds is 2. The number of alkyl halides is 3. The molecule has 1 rings (SSSR count). The summed E-state index contributed by atoms with van der Waals surface area (Å²) in [7, 11) is 0. The van der Waals surface area contributed by atoms with E-state index in [2.05, 4.69) is 20.9 Å². The summed E-state index contributed by atoms with van der Waals surface area (Å²) in [6.45, 7) is 3.63. The quantitative estimate of drug-likeness (QED) is 0.645. The van der Waals surface area contributed by atoms with E-state index < -0.39 is 11.7 Å². The van der Waals surface area contributed by atoms with Gasteiger partial charge in [0.15, 0.2) is 0 Å². The molecule has 0 bridgehead atoms. The molecule has 0 saturated carbocycles. The molecule has 0 radical (unpaired) electrons. The van der Waals surface area contributed by atoms with Crippen molar-refractivity contribution in [3.63, 3.8) is 0 Å². The first-order chi connectivity index (χ1) is 7.71. The molecule has 0 fully saturated rings. The third-order valence-electron chi connectivity index (χ3n) is 1.97. The van der Waals surface area contributed by atoms with Gasteiger partial charge in [-0.15, -0.1) is 0 Å². The highest BCUT2D eigenvalue weighted by molar-refractivity contribution is 9.10. The first kappa shape index (κ1) is 14.5. The van der Waals surface area contributed by atoms with E-state index in [1.54, 1.807) is 0 Å². The van der Waals surface area contributed by atoms with Gasteiger partial charge in [0, 0.05) is 10.4 Å². The summed E-state index contributed by atoms with van der Waals surface area (Å²) < 4.78 is 37.8. The van der Waals surface area contributed by atoms with Gasteiger partial charge in [0.25, 0.3) is 0 Å². The van der Waals surface area contributed by atoms with Crippen molar-refractivity contribution in [2.75, 3.05) is 0 Å². The number of hydrogen-bond donors (Lipinski definition) is 0. The first-order valence-corrected chi connectivity index (χ1v) is 5.99. The zero-order valence-electron chi connectivity index (χ0n) is 9.15. The summed E-state index contributed by atoms with van der Waals surface area (Å²) in [6.07, 6.45) is -4.41. The summed E-state index contributed by atoms with van der Waals surface area (Å²) in [6, 6.07) is 3.76. The van der Waals surface area contributed by atoms with Crippen molar-refractivity contribution in [3.8, 4) is 0 Å². The van der Waals surface area contributed by atoms with Crippen molar-refractivity contribution in [1.29, 1.82) is 0 Å². The standard InChI is InChI=1S/C11H10BrClF3N/c1-6(2)10(13)17-7-3-4-9(12)8(5-7)11(14,15)16/h3-6H,1-2H3. The Morgan fingerprint density at radius 2 is 1.94 bits per heavy atom. The Labute approximate surface area is 111 Å². The second kappa shape index (κ2) is 5.40. The van der Waals surface area contributed by atoms with E-state index in [-0.39, 0.29) is 21.2 Å². The van der Waals surface area contributed by atoms with Crippen molar-refractivity contribution in [1.82, 2.24) is 0 Å². The molecule has 0 heterocycles. The molecule has 0 aliphatic heterocycles. The number of aliphatic imine (C=N–C) groups is 1. The molecule has 0 saturated heterocycles. The molecule has 0 atom stereocenters. The molecule has 0 unspecified atom stereocenters. The number of hydrogen-bond acceptors (Lipinski definition) is 1. The summed E-state index contributed by atoms with van der Waals surface area (Å²) in [5.41, 5.74) is -0.564. The molecule has 1 aromatic rings. The normalized spacial score (nSPS) is 13.3. The van der Waals surface area contributed by atoms with Crippen LogP contribution in [0.1, 0.15) is 19.4 Å². The maximum absolute atomic E-state index is 12.6. The average molecular weight is 329 g/mol. The van der Waals surface area contributed by atoms with Crippen molar-refractivity contribution < 1.29 is 13.2 Å². The van der Waals surface area contributed by atoms with Crippen LogP contribution < -0.4 is 0 Å². The summed E-state index contributed by atoms with van der Waals surface area (Å²) in [4.78, 5) is 3.94. The van der Waals surface area contributed by atoms with Crippen molar-refractivity contribution >= 4 is 38.4 Å². The lowest BCUT2D eigenvalue weighted by Crippen LogP contribution is -2.05. The lowest BCUT2D eigenvalue weighted by atomic mass is 10.2. The second-order valence-corrected chi connectivity index (χ2v) is 4.99. The van der Waals surface area contributed by atoms with Crippen LogP contribution in [0, 0.1) is 5.92 Å². The highest BCUT2D eigenvalue weighted by Crippen LogP contribution is 2.37. The lowest BCUT2D eigenvalue weighted by Gasteiger charge is -2.10. The summed E-state index contributed by atoms with van der Waals surface area (Å²) in [5, 5.41) is 0.278. The highest BCUT2D eigenvalue weighted by atomic mass is 79.9. The van der Waals surface area contributed by atoms with Crippen molar-refractivity contribution in [3.05, 3.63) is 28.2 Å². The fourth-order valence-corrected chi connectivity index (χ4v) is 1.62. The number of halogens is 5. The molecular weight excluding hydrogens is 318 g/mol. The molecule has 0 aliphatic carbocycles. The van der Waals surface area contributed by atoms with E-state index in [1.165, 1.54) is 12.1 Å². The molecule has 6 heteroatoms. The largest absolute Gasteiger partial charge is 0.417 e. The van der Waals surface area contributed by atoms with Gasteiger partial charge in [0.2, 0.25) is 0 Å². The smallest absolute Gasteiger partial charge is 0.241 e. The lowest BCUT2D eigenvalue weighted by molar-refractivity contribution is -0.138. The van der Waals surface area contributed by atoms with Crippen molar-refractivity contribution in [2.24, 2.45) is 10.9 Å². The van der Waals surface area contributed by atoms with Gasteiger partial charge in [0.1, 0.15) is 5.17 Å². The Hall–Kier alpha value is -0.550. The molecule has 0 aromatic heterocycles. The molecular formula is C11H10BrClF3N. The van der Waals surface area contributed by atoms with Crippen LogP contribution in [0.5, 0.6) is 0 Å². The van der Waals surface area contributed by atoms with Crippen LogP contribution >= 0.6 is 27.5 Å². The fraction of sp³-hybridized carbons (Fsp3) is 0.364. The van der Waals surface area contributed by atoms with Gasteiger partial charge in [-0.3, -0.25) is 0 Å². The minimum atomic E-state index is -4.41. The van der Waals surface area contributed by atoms with E-state index in [0.29, 0.717) is 0 Å². The van der Waals surface area contributed by atoms with Gasteiger partial charge >= 0.3 is 6.18 Å². The number of benzene rings is 1. The molecule has 0 spiro atoms. The molecule has 1 nitrogen and oxygen atoms in total. The minimum absolute atomic E-state index is 0.00961. The van der Waals surface area contributed by atoms with E-state index in [0.717, 1.165) is 6.07 Å². The predicted molar refractivity (Wildman–Crippen MR) is 66.9 cm³/mol. The van der Waals surface area contributed by atoms with Gasteiger partial charge in [-0.1, -0.05) is 41.4 Å². The van der Waals surface area contributed by atoms with Gasteiger partial charge in [-0.2, -0.15) is 13.2 Å². The summed E-state index contributed by atoms with van der Waals surface area (Å²) in [5.74, 6) is -0.0188. The van der Waals surface area contributed by atoms with Crippen LogP contribution in [-0.4, -0.2) is 5.17 Å². The van der Waals surface area contributed by atoms with Crippen LogP contribution in [0.25, 0.3) is 0 Å². The Morgan fingerprint density at radius 1 is 1.35 bits per heavy atom. The Morgan fingerprint density at radius 3 is 2.41 bits per heavy atom. The highest BCUT2D eigenvalue weighted by Gasteiger charge is 2.33. The third-order valence-corrected chi connectivity index (χ3v) is 3.18. The van der Waals surface area contributed by atoms with Crippen molar-refractivity contribution in [2.45, 2.75) is 20.0 Å². The fourth-order valence-electron chi connectivity index (χ4n) is 1.05. The monoisotopic (exact) mass is 327 g/mol. The van der Waals surface area contributed by atoms with Crippen LogP contribution in [0.4, 0.5) is 18.9 Å². The van der Waals surface area contributed by atoms with E-state index >= 15 is 0 Å². The zero-order chi connectivity index (χ0) is 13.2. The van der Waals surface area contributed by atoms with Gasteiger partial charge in [-0.25, -0.2) is 4.99 Å². The second-order valence-electron chi connectivity index (χ2n) is 3.75. The van der Waals surface area contributed by atoms with Gasteiger partial charge in [-0.05, 0) is 18.2 Å². The van der Waals surface area contributed by atoms with Crippen LogP contribution in [-0.2, 0) is 6.18 Å². The SMILES string of the molecule is CC(C)C(Cl)=Nc1ccc(Br)c(C(F)(F)F)c1. The minimum Gasteiger partial charge on any atom is -0.241 e. The van der Waals surface area contributed by atoms with Gasteiger partial charge in [0.05, 0.1) is 11.3 Å². The van der Waals surface area contributed by atoms with Crippen LogP contribution in [0.3, 0.4) is 0 Å². The van der Waals surface area contributed by atoms with E-state index in [1.807, 2.05) is 13.8 Å². The van der Waals surface area contributed by atoms with Gasteiger partial charge < -0.3 is 0 Å². The van der Waals surface area contributed by atoms with E-state index in [4.69, 9.17) is 11.6 Å². The maximum atomic E-state index is 12.6. The van der Waals surface area contributed by atoms with Crippen LogP contribution in [0.15, 0.2) is 27.7 Å². The predicted octanol–water partition coefficient (Wildman–Crippen LogP) is 5.39. The molecule has 0 aliphatic rings. The molecule has 94 valence electrons. The zero-order valence-corrected chi connectivity index (χ0v) is 11.5. The average Bonchev–Trinajstić information content (AvgIpc) is 2.19. The Bertz CT molecular complexity index is 441. The van der Waals surface area contributed by atoms with Crippen LogP contribution in [0.2, 0.25) is 0 Å². The number of nitrogens with zero attached hydrogens (tertiary/aromatic N) is 1. The topological polar surface area (TPSA) is 12.4 Å². The maximum Gasteiger partial charge on any atom is 0.417 e. The molecule has 0 amide bonds. The Balaban J connectivity index is 3.18. The van der Waals surface area contributed by atoms with E-state index in [9.17, 15) is 13.2 Å². The third kappa shape index (κ3) is 4.00. The Kier molecular flexibility index (Phi) is 4.61. The summed E-state index contributed by atoms with van der Waals surface area (Å²) >= 11 is 8.67. The molecule has 1 aromatic carbocycles. The molecule has 0 N–H and O–H groups in total. The molecule has 17 heavy (non-hydrogen) atoms.